The molecule has 9 nitrogen and oxygen atoms in total. The van der Waals surface area contributed by atoms with E-state index < -0.39 is 30.4 Å². The topological polar surface area (TPSA) is 131 Å². The first-order valence-corrected chi connectivity index (χ1v) is 5.84. The number of rotatable bonds is 2. The van der Waals surface area contributed by atoms with E-state index in [1.165, 1.54) is 11.2 Å². The van der Waals surface area contributed by atoms with Crippen LogP contribution in [0.25, 0.3) is 0 Å². The fraction of sp³-hybridized carbons (Fsp3) is 0.600. The summed E-state index contributed by atoms with van der Waals surface area (Å²) in [5, 5.41) is 28.4. The van der Waals surface area contributed by atoms with Gasteiger partial charge in [-0.25, -0.2) is 0 Å². The molecule has 0 aliphatic carbocycles. The van der Waals surface area contributed by atoms with Crippen LogP contribution in [0.4, 0.5) is 0 Å². The highest BCUT2D eigenvalue weighted by molar-refractivity contribution is 6.23. The Morgan fingerprint density at radius 1 is 1.63 bits per heavy atom. The molecular formula is C10H13N5O4. The third-order valence-electron chi connectivity index (χ3n) is 3.26. The molecule has 4 N–H and O–H groups in total. The maximum Gasteiger partial charge on any atom is 0.259 e. The molecule has 0 saturated carbocycles. The van der Waals surface area contributed by atoms with Gasteiger partial charge in [-0.2, -0.15) is 4.99 Å². The lowest BCUT2D eigenvalue weighted by atomic mass is 10.1. The lowest BCUT2D eigenvalue weighted by Crippen LogP contribution is -2.50. The van der Waals surface area contributed by atoms with E-state index in [-0.39, 0.29) is 19.0 Å². The van der Waals surface area contributed by atoms with E-state index in [0.717, 1.165) is 0 Å². The van der Waals surface area contributed by atoms with E-state index in [9.17, 15) is 9.90 Å². The third kappa shape index (κ3) is 1.91. The minimum atomic E-state index is -0.778. The highest BCUT2D eigenvalue weighted by Gasteiger charge is 2.44. The maximum atomic E-state index is 11.6. The largest absolute Gasteiger partial charge is 0.394 e. The van der Waals surface area contributed by atoms with Crippen LogP contribution in [-0.2, 0) is 9.53 Å². The second-order valence-electron chi connectivity index (χ2n) is 4.50. The Morgan fingerprint density at radius 3 is 3.11 bits per heavy atom. The fourth-order valence-corrected chi connectivity index (χ4v) is 2.31. The number of hydrogen-bond acceptors (Lipinski definition) is 7. The van der Waals surface area contributed by atoms with E-state index >= 15 is 0 Å². The second-order valence-corrected chi connectivity index (χ2v) is 4.50. The Balaban J connectivity index is 1.82. The Hall–Kier alpha value is -1.84. The second kappa shape index (κ2) is 4.37. The van der Waals surface area contributed by atoms with Gasteiger partial charge in [0, 0.05) is 6.42 Å². The van der Waals surface area contributed by atoms with E-state index in [1.807, 2.05) is 0 Å². The van der Waals surface area contributed by atoms with Crippen LogP contribution in [0.5, 0.6) is 0 Å². The van der Waals surface area contributed by atoms with Crippen molar-refractivity contribution in [2.24, 2.45) is 9.98 Å². The fourth-order valence-electron chi connectivity index (χ4n) is 2.31. The van der Waals surface area contributed by atoms with E-state index in [0.29, 0.717) is 5.84 Å². The van der Waals surface area contributed by atoms with Crippen LogP contribution in [0.1, 0.15) is 6.42 Å². The molecule has 0 aromatic heterocycles. The normalized spacial score (nSPS) is 37.4. The zero-order chi connectivity index (χ0) is 13.6. The number of aliphatic hydroxyl groups excluding tert-OH is 2. The molecule has 3 aliphatic rings. The Morgan fingerprint density at radius 2 is 2.42 bits per heavy atom. The summed E-state index contributed by atoms with van der Waals surface area (Å²) in [4.78, 5) is 21.1. The Bertz CT molecular complexity index is 490. The van der Waals surface area contributed by atoms with Crippen molar-refractivity contribution in [1.82, 2.24) is 10.2 Å². The average molecular weight is 267 g/mol. The molecule has 9 heteroatoms. The number of aliphatic hydroxyl groups is 2. The van der Waals surface area contributed by atoms with Crippen molar-refractivity contribution in [2.75, 3.05) is 6.61 Å². The van der Waals surface area contributed by atoms with Crippen LogP contribution >= 0.6 is 0 Å². The number of fused-ring (bicyclic) bond motifs is 1. The summed E-state index contributed by atoms with van der Waals surface area (Å²) >= 11 is 0. The SMILES string of the molecule is N=C1N=C2C(N=CN2[C@H]2C[C@@H](O)[C@H](CO)O2)C(=O)N1. The number of nitrogens with zero attached hydrogens (tertiary/aromatic N) is 3. The molecule has 0 bridgehead atoms. The van der Waals surface area contributed by atoms with Gasteiger partial charge < -0.3 is 14.9 Å². The van der Waals surface area contributed by atoms with Gasteiger partial charge in [-0.3, -0.25) is 25.4 Å². The quantitative estimate of drug-likeness (QED) is 0.444. The van der Waals surface area contributed by atoms with Crippen LogP contribution in [0.15, 0.2) is 9.98 Å². The summed E-state index contributed by atoms with van der Waals surface area (Å²) in [6.45, 7) is -0.283. The number of ether oxygens (including phenoxy) is 1. The molecule has 4 atom stereocenters. The molecule has 0 radical (unpaired) electrons. The van der Waals surface area contributed by atoms with Crippen LogP contribution in [0.2, 0.25) is 0 Å². The van der Waals surface area contributed by atoms with E-state index in [4.69, 9.17) is 15.3 Å². The number of carbonyl (C=O) groups excluding carboxylic acids is 1. The zero-order valence-corrected chi connectivity index (χ0v) is 9.85. The van der Waals surface area contributed by atoms with E-state index in [2.05, 4.69) is 15.3 Å². The van der Waals surface area contributed by atoms with Gasteiger partial charge >= 0.3 is 0 Å². The summed E-state index contributed by atoms with van der Waals surface area (Å²) in [5.74, 6) is -0.348. The first kappa shape index (κ1) is 12.2. The molecular weight excluding hydrogens is 254 g/mol. The molecule has 102 valence electrons. The zero-order valence-electron chi connectivity index (χ0n) is 9.85. The number of guanidine groups is 1. The van der Waals surface area contributed by atoms with Crippen molar-refractivity contribution in [1.29, 1.82) is 5.41 Å². The lowest BCUT2D eigenvalue weighted by Gasteiger charge is -2.26. The number of nitrogens with one attached hydrogen (secondary N) is 2. The van der Waals surface area contributed by atoms with Gasteiger partial charge in [-0.15, -0.1) is 0 Å². The summed E-state index contributed by atoms with van der Waals surface area (Å²) in [6, 6.07) is -0.775. The number of amides is 1. The van der Waals surface area contributed by atoms with Gasteiger partial charge in [-0.1, -0.05) is 0 Å². The highest BCUT2D eigenvalue weighted by Crippen LogP contribution is 2.26. The Kier molecular flexibility index (Phi) is 2.81. The summed E-state index contributed by atoms with van der Waals surface area (Å²) < 4.78 is 5.48. The van der Waals surface area contributed by atoms with Gasteiger partial charge in [-0.05, 0) is 0 Å². The monoisotopic (exact) mass is 267 g/mol. The number of hydrogen-bond donors (Lipinski definition) is 4. The molecule has 0 aromatic rings. The Labute approximate surface area is 108 Å². The number of amidine groups is 1. The molecule has 19 heavy (non-hydrogen) atoms. The van der Waals surface area contributed by atoms with Crippen molar-refractivity contribution in [3.63, 3.8) is 0 Å². The summed E-state index contributed by atoms with van der Waals surface area (Å²) in [7, 11) is 0. The van der Waals surface area contributed by atoms with Gasteiger partial charge in [0.05, 0.1) is 19.0 Å². The van der Waals surface area contributed by atoms with Crippen LogP contribution in [-0.4, -0.2) is 70.2 Å². The molecule has 1 fully saturated rings. The van der Waals surface area contributed by atoms with Crippen LogP contribution < -0.4 is 5.32 Å². The summed E-state index contributed by atoms with van der Waals surface area (Å²) in [5.41, 5.74) is 0. The first-order valence-electron chi connectivity index (χ1n) is 5.84. The maximum absolute atomic E-state index is 11.6. The van der Waals surface area contributed by atoms with E-state index in [1.54, 1.807) is 0 Å². The number of carbonyl (C=O) groups is 1. The predicted molar refractivity (Wildman–Crippen MR) is 63.8 cm³/mol. The van der Waals surface area contributed by atoms with Gasteiger partial charge in [0.1, 0.15) is 12.3 Å². The molecule has 1 saturated heterocycles. The smallest absolute Gasteiger partial charge is 0.259 e. The van der Waals surface area contributed by atoms with Crippen molar-refractivity contribution in [3.8, 4) is 0 Å². The standard InChI is InChI=1S/C10H13N5O4/c11-10-13-8-7(9(18)14-10)12-3-15(8)6-1-4(17)5(2-16)19-6/h3-7,16-17H,1-2H2,(H2,11,14,18)/t4-,5+,6-,7?/m1/s1. The lowest BCUT2D eigenvalue weighted by molar-refractivity contribution is -0.119. The van der Waals surface area contributed by atoms with Crippen molar-refractivity contribution >= 4 is 24.0 Å². The molecule has 3 aliphatic heterocycles. The molecule has 1 amide bonds. The highest BCUT2D eigenvalue weighted by atomic mass is 16.5. The average Bonchev–Trinajstić information content (AvgIpc) is 2.92. The minimum Gasteiger partial charge on any atom is -0.394 e. The molecule has 3 rings (SSSR count). The van der Waals surface area contributed by atoms with Gasteiger partial charge in [0.25, 0.3) is 5.91 Å². The van der Waals surface area contributed by atoms with Crippen molar-refractivity contribution in [2.45, 2.75) is 30.9 Å². The third-order valence-corrected chi connectivity index (χ3v) is 3.26. The molecule has 0 aromatic carbocycles. The van der Waals surface area contributed by atoms with Gasteiger partial charge in [0.15, 0.2) is 11.9 Å². The van der Waals surface area contributed by atoms with Crippen molar-refractivity contribution in [3.05, 3.63) is 0 Å². The van der Waals surface area contributed by atoms with Crippen molar-refractivity contribution < 1.29 is 19.7 Å². The molecule has 3 heterocycles. The number of aliphatic imine (C=N–C) groups is 2. The van der Waals surface area contributed by atoms with Gasteiger partial charge in [0.2, 0.25) is 5.96 Å². The van der Waals surface area contributed by atoms with Crippen LogP contribution in [0.3, 0.4) is 0 Å². The first-order chi connectivity index (χ1) is 9.10. The predicted octanol–water partition coefficient (Wildman–Crippen LogP) is -2.37. The molecule has 0 spiro atoms. The van der Waals surface area contributed by atoms with Crippen LogP contribution in [0, 0.1) is 5.41 Å². The minimum absolute atomic E-state index is 0.246. The molecule has 1 unspecified atom stereocenters. The summed E-state index contributed by atoms with van der Waals surface area (Å²) in [6.07, 6.45) is -0.287.